The molecule has 5 nitrogen and oxygen atoms in total. The molecule has 0 aliphatic heterocycles. The van der Waals surface area contributed by atoms with Gasteiger partial charge < -0.3 is 15.8 Å². The molecule has 1 aliphatic rings. The summed E-state index contributed by atoms with van der Waals surface area (Å²) in [4.78, 5) is 8.72. The van der Waals surface area contributed by atoms with Crippen molar-refractivity contribution < 1.29 is 4.74 Å². The minimum atomic E-state index is 0.134. The molecule has 5 heteroatoms. The van der Waals surface area contributed by atoms with Crippen molar-refractivity contribution in [2.45, 2.75) is 45.4 Å². The standard InChI is InChI=1S/C12H20N4O/c1-4-17-10-5-9(13)12(10)16-11-6-14-7(2)8(3)15-11/h6,9-10,12H,4-5,13H2,1-3H3,(H,15,16). The summed E-state index contributed by atoms with van der Waals surface area (Å²) >= 11 is 0. The van der Waals surface area contributed by atoms with Crippen LogP contribution in [0.25, 0.3) is 0 Å². The lowest BCUT2D eigenvalue weighted by atomic mass is 9.83. The normalized spacial score (nSPS) is 27.6. The summed E-state index contributed by atoms with van der Waals surface area (Å²) in [5.41, 5.74) is 7.86. The van der Waals surface area contributed by atoms with Crippen LogP contribution in [0, 0.1) is 13.8 Å². The fraction of sp³-hybridized carbons (Fsp3) is 0.667. The first-order valence-corrected chi connectivity index (χ1v) is 6.05. The number of rotatable bonds is 4. The van der Waals surface area contributed by atoms with Gasteiger partial charge in [0.25, 0.3) is 0 Å². The van der Waals surface area contributed by atoms with Crippen LogP contribution in [0.4, 0.5) is 5.82 Å². The molecule has 1 fully saturated rings. The molecule has 3 N–H and O–H groups in total. The van der Waals surface area contributed by atoms with Crippen molar-refractivity contribution in [3.8, 4) is 0 Å². The minimum Gasteiger partial charge on any atom is -0.376 e. The van der Waals surface area contributed by atoms with Gasteiger partial charge in [0.1, 0.15) is 5.82 Å². The predicted molar refractivity (Wildman–Crippen MR) is 66.9 cm³/mol. The molecule has 1 aliphatic carbocycles. The monoisotopic (exact) mass is 236 g/mol. The van der Waals surface area contributed by atoms with E-state index < -0.39 is 0 Å². The fourth-order valence-electron chi connectivity index (χ4n) is 2.01. The number of hydrogen-bond acceptors (Lipinski definition) is 5. The maximum atomic E-state index is 5.97. The molecule has 0 saturated heterocycles. The van der Waals surface area contributed by atoms with Crippen LogP contribution in [0.3, 0.4) is 0 Å². The highest BCUT2D eigenvalue weighted by atomic mass is 16.5. The highest BCUT2D eigenvalue weighted by Crippen LogP contribution is 2.25. The maximum Gasteiger partial charge on any atom is 0.145 e. The van der Waals surface area contributed by atoms with Crippen LogP contribution in [0.5, 0.6) is 0 Å². The molecule has 1 saturated carbocycles. The second kappa shape index (κ2) is 4.98. The Morgan fingerprint density at radius 2 is 2.24 bits per heavy atom. The molecule has 2 rings (SSSR count). The molecule has 17 heavy (non-hydrogen) atoms. The van der Waals surface area contributed by atoms with Gasteiger partial charge in [0.2, 0.25) is 0 Å². The zero-order valence-electron chi connectivity index (χ0n) is 10.6. The Morgan fingerprint density at radius 1 is 1.47 bits per heavy atom. The molecule has 3 unspecified atom stereocenters. The highest BCUT2D eigenvalue weighted by molar-refractivity contribution is 5.37. The Bertz CT molecular complexity index is 394. The summed E-state index contributed by atoms with van der Waals surface area (Å²) in [6.45, 7) is 6.61. The number of anilines is 1. The van der Waals surface area contributed by atoms with Gasteiger partial charge >= 0.3 is 0 Å². The van der Waals surface area contributed by atoms with E-state index in [0.717, 1.165) is 23.6 Å². The van der Waals surface area contributed by atoms with E-state index in [0.29, 0.717) is 6.61 Å². The molecule has 0 aromatic carbocycles. The van der Waals surface area contributed by atoms with Gasteiger partial charge in [0, 0.05) is 12.6 Å². The number of nitrogens with zero attached hydrogens (tertiary/aromatic N) is 2. The van der Waals surface area contributed by atoms with Crippen molar-refractivity contribution in [2.75, 3.05) is 11.9 Å². The van der Waals surface area contributed by atoms with Crippen molar-refractivity contribution in [1.29, 1.82) is 0 Å². The Kier molecular flexibility index (Phi) is 3.59. The van der Waals surface area contributed by atoms with Gasteiger partial charge in [-0.3, -0.25) is 4.98 Å². The van der Waals surface area contributed by atoms with Crippen molar-refractivity contribution in [3.63, 3.8) is 0 Å². The number of ether oxygens (including phenoxy) is 1. The van der Waals surface area contributed by atoms with E-state index in [1.807, 2.05) is 20.8 Å². The van der Waals surface area contributed by atoms with Crippen LogP contribution in [0.15, 0.2) is 6.20 Å². The van der Waals surface area contributed by atoms with Crippen molar-refractivity contribution in [3.05, 3.63) is 17.6 Å². The Labute approximate surface area is 102 Å². The van der Waals surface area contributed by atoms with Crippen LogP contribution < -0.4 is 11.1 Å². The van der Waals surface area contributed by atoms with E-state index in [1.165, 1.54) is 0 Å². The zero-order chi connectivity index (χ0) is 12.4. The first-order valence-electron chi connectivity index (χ1n) is 6.05. The fourth-order valence-corrected chi connectivity index (χ4v) is 2.01. The number of nitrogens with one attached hydrogen (secondary N) is 1. The summed E-state index contributed by atoms with van der Waals surface area (Å²) < 4.78 is 5.60. The SMILES string of the molecule is CCOC1CC(N)C1Nc1cnc(C)c(C)n1. The van der Waals surface area contributed by atoms with E-state index in [9.17, 15) is 0 Å². The van der Waals surface area contributed by atoms with Crippen LogP contribution >= 0.6 is 0 Å². The first-order chi connectivity index (χ1) is 8.11. The van der Waals surface area contributed by atoms with Gasteiger partial charge in [-0.1, -0.05) is 0 Å². The maximum absolute atomic E-state index is 5.97. The molecule has 1 heterocycles. The topological polar surface area (TPSA) is 73.1 Å². The third-order valence-electron chi connectivity index (χ3n) is 3.25. The summed E-state index contributed by atoms with van der Waals surface area (Å²) in [7, 11) is 0. The van der Waals surface area contributed by atoms with E-state index in [2.05, 4.69) is 15.3 Å². The van der Waals surface area contributed by atoms with E-state index in [4.69, 9.17) is 10.5 Å². The number of aryl methyl sites for hydroxylation is 2. The third kappa shape index (κ3) is 2.56. The molecule has 0 amide bonds. The smallest absolute Gasteiger partial charge is 0.145 e. The van der Waals surface area contributed by atoms with E-state index in [-0.39, 0.29) is 18.2 Å². The molecule has 1 aromatic rings. The van der Waals surface area contributed by atoms with Gasteiger partial charge in [0.05, 0.1) is 29.7 Å². The molecular formula is C12H20N4O. The molecule has 3 atom stereocenters. The summed E-state index contributed by atoms with van der Waals surface area (Å²) in [6.07, 6.45) is 2.85. The van der Waals surface area contributed by atoms with E-state index in [1.54, 1.807) is 6.20 Å². The lowest BCUT2D eigenvalue weighted by Gasteiger charge is -2.42. The van der Waals surface area contributed by atoms with Gasteiger partial charge in [-0.15, -0.1) is 0 Å². The van der Waals surface area contributed by atoms with Crippen molar-refractivity contribution in [1.82, 2.24) is 9.97 Å². The number of hydrogen-bond donors (Lipinski definition) is 2. The van der Waals surface area contributed by atoms with Crippen LogP contribution in [-0.4, -0.2) is 34.8 Å². The third-order valence-corrected chi connectivity index (χ3v) is 3.25. The lowest BCUT2D eigenvalue weighted by Crippen LogP contribution is -2.60. The number of nitrogens with two attached hydrogens (primary N) is 1. The largest absolute Gasteiger partial charge is 0.376 e. The molecule has 0 bridgehead atoms. The van der Waals surface area contributed by atoms with Gasteiger partial charge in [-0.25, -0.2) is 4.98 Å². The van der Waals surface area contributed by atoms with E-state index >= 15 is 0 Å². The summed E-state index contributed by atoms with van der Waals surface area (Å²) in [5, 5.41) is 3.31. The zero-order valence-corrected chi connectivity index (χ0v) is 10.6. The quantitative estimate of drug-likeness (QED) is 0.816. The molecule has 0 radical (unpaired) electrons. The van der Waals surface area contributed by atoms with Crippen molar-refractivity contribution >= 4 is 5.82 Å². The summed E-state index contributed by atoms with van der Waals surface area (Å²) in [6, 6.07) is 0.279. The summed E-state index contributed by atoms with van der Waals surface area (Å²) in [5.74, 6) is 0.776. The van der Waals surface area contributed by atoms with Gasteiger partial charge in [-0.05, 0) is 27.2 Å². The molecule has 1 aromatic heterocycles. The minimum absolute atomic E-state index is 0.134. The lowest BCUT2D eigenvalue weighted by molar-refractivity contribution is -0.0127. The molecule has 94 valence electrons. The first kappa shape index (κ1) is 12.3. The average Bonchev–Trinajstić information content (AvgIpc) is 2.30. The van der Waals surface area contributed by atoms with Gasteiger partial charge in [0.15, 0.2) is 0 Å². The van der Waals surface area contributed by atoms with Crippen LogP contribution in [0.2, 0.25) is 0 Å². The second-order valence-electron chi connectivity index (χ2n) is 4.49. The molecular weight excluding hydrogens is 216 g/mol. The van der Waals surface area contributed by atoms with Crippen LogP contribution in [0.1, 0.15) is 24.7 Å². The van der Waals surface area contributed by atoms with Crippen molar-refractivity contribution in [2.24, 2.45) is 5.73 Å². The Hall–Kier alpha value is -1.20. The highest BCUT2D eigenvalue weighted by Gasteiger charge is 2.39. The average molecular weight is 236 g/mol. The molecule has 0 spiro atoms. The van der Waals surface area contributed by atoms with Crippen LogP contribution in [-0.2, 0) is 4.74 Å². The Balaban J connectivity index is 2.02. The predicted octanol–water partition coefficient (Wildman–Crippen LogP) is 1.01. The number of aromatic nitrogens is 2. The Morgan fingerprint density at radius 3 is 2.82 bits per heavy atom. The van der Waals surface area contributed by atoms with Gasteiger partial charge in [-0.2, -0.15) is 0 Å². The second-order valence-corrected chi connectivity index (χ2v) is 4.49.